The molecule has 0 aromatic heterocycles. The van der Waals surface area contributed by atoms with Gasteiger partial charge in [0.25, 0.3) is 5.91 Å². The van der Waals surface area contributed by atoms with Crippen molar-refractivity contribution in [3.05, 3.63) is 36.4 Å². The number of ether oxygens (including phenoxy) is 2. The van der Waals surface area contributed by atoms with E-state index < -0.39 is 5.60 Å². The average Bonchev–Trinajstić information content (AvgIpc) is 2.74. The van der Waals surface area contributed by atoms with Crippen LogP contribution in [0.2, 0.25) is 0 Å². The summed E-state index contributed by atoms with van der Waals surface area (Å²) in [5, 5.41) is 5.23. The Bertz CT molecular complexity index is 819. The normalized spacial score (nSPS) is 21.8. The van der Waals surface area contributed by atoms with E-state index in [9.17, 15) is 4.79 Å². The molecule has 158 valence electrons. The van der Waals surface area contributed by atoms with E-state index in [2.05, 4.69) is 32.2 Å². The van der Waals surface area contributed by atoms with Gasteiger partial charge in [-0.25, -0.2) is 0 Å². The van der Waals surface area contributed by atoms with Crippen LogP contribution in [0.5, 0.6) is 5.75 Å². The van der Waals surface area contributed by atoms with Gasteiger partial charge in [0.05, 0.1) is 6.61 Å². The van der Waals surface area contributed by atoms with Gasteiger partial charge in [0, 0.05) is 23.1 Å². The predicted molar refractivity (Wildman–Crippen MR) is 120 cm³/mol. The van der Waals surface area contributed by atoms with Gasteiger partial charge < -0.3 is 14.8 Å². The lowest BCUT2D eigenvalue weighted by atomic mass is 9.78. The van der Waals surface area contributed by atoms with E-state index >= 15 is 0 Å². The summed E-state index contributed by atoms with van der Waals surface area (Å²) >= 11 is 0. The quantitative estimate of drug-likeness (QED) is 0.503. The number of unbranched alkanes of at least 4 members (excludes halogenated alkanes) is 1. The number of benzene rings is 2. The molecule has 4 nitrogen and oxygen atoms in total. The van der Waals surface area contributed by atoms with E-state index in [1.165, 1.54) is 0 Å². The van der Waals surface area contributed by atoms with Crippen LogP contribution in [0.25, 0.3) is 10.8 Å². The highest BCUT2D eigenvalue weighted by Crippen LogP contribution is 2.38. The van der Waals surface area contributed by atoms with Crippen LogP contribution in [0.1, 0.15) is 65.7 Å². The van der Waals surface area contributed by atoms with Crippen molar-refractivity contribution in [1.29, 1.82) is 0 Å². The van der Waals surface area contributed by atoms with E-state index in [0.717, 1.165) is 67.2 Å². The zero-order chi connectivity index (χ0) is 20.7. The van der Waals surface area contributed by atoms with Gasteiger partial charge in [-0.3, -0.25) is 4.79 Å². The Morgan fingerprint density at radius 1 is 1.10 bits per heavy atom. The summed E-state index contributed by atoms with van der Waals surface area (Å²) in [4.78, 5) is 13.4. The number of fused-ring (bicyclic) bond motifs is 1. The molecule has 0 heterocycles. The molecular formula is C25H35NO3. The van der Waals surface area contributed by atoms with Gasteiger partial charge in [0.1, 0.15) is 11.4 Å². The minimum Gasteiger partial charge on any atom is -0.493 e. The summed E-state index contributed by atoms with van der Waals surface area (Å²) < 4.78 is 12.2. The molecule has 2 atom stereocenters. The number of carbonyl (C=O) groups is 1. The lowest BCUT2D eigenvalue weighted by molar-refractivity contribution is -0.148. The fraction of sp³-hybridized carbons (Fsp3) is 0.560. The van der Waals surface area contributed by atoms with E-state index in [1.54, 1.807) is 0 Å². The maximum Gasteiger partial charge on any atom is 0.256 e. The van der Waals surface area contributed by atoms with E-state index in [4.69, 9.17) is 9.47 Å². The van der Waals surface area contributed by atoms with Crippen LogP contribution in [0.4, 0.5) is 5.69 Å². The highest BCUT2D eigenvalue weighted by Gasteiger charge is 2.42. The van der Waals surface area contributed by atoms with Crippen molar-refractivity contribution in [1.82, 2.24) is 0 Å². The fourth-order valence-electron chi connectivity index (χ4n) is 4.27. The van der Waals surface area contributed by atoms with Gasteiger partial charge in [-0.2, -0.15) is 0 Å². The molecule has 0 unspecified atom stereocenters. The molecule has 2 aromatic carbocycles. The van der Waals surface area contributed by atoms with Crippen molar-refractivity contribution in [2.75, 3.05) is 18.5 Å². The Hall–Kier alpha value is -2.07. The maximum absolute atomic E-state index is 13.4. The largest absolute Gasteiger partial charge is 0.493 e. The Morgan fingerprint density at radius 2 is 1.90 bits per heavy atom. The lowest BCUT2D eigenvalue weighted by Crippen LogP contribution is -2.48. The molecular weight excluding hydrogens is 362 g/mol. The van der Waals surface area contributed by atoms with Crippen LogP contribution < -0.4 is 10.1 Å². The number of carbonyl (C=O) groups excluding carboxylic acids is 1. The standard InChI is InChI=1S/C25H35NO3/c1-4-6-17-28-23-14-13-22(20-11-7-8-12-21(20)23)26-24(27)25(29-16-5-2)15-9-10-19(3)18-25/h7-8,11-14,19H,4-6,9-10,15-18H2,1-3H3,(H,26,27)/t19-,25-/m0/s1. The van der Waals surface area contributed by atoms with Crippen molar-refractivity contribution in [3.63, 3.8) is 0 Å². The third-order valence-corrected chi connectivity index (χ3v) is 5.84. The number of hydrogen-bond acceptors (Lipinski definition) is 3. The first-order valence-electron chi connectivity index (χ1n) is 11.2. The van der Waals surface area contributed by atoms with Crippen LogP contribution in [0.3, 0.4) is 0 Å². The van der Waals surface area contributed by atoms with Gasteiger partial charge >= 0.3 is 0 Å². The first-order valence-corrected chi connectivity index (χ1v) is 11.2. The predicted octanol–water partition coefficient (Wildman–Crippen LogP) is 6.33. The van der Waals surface area contributed by atoms with Gasteiger partial charge in [-0.15, -0.1) is 0 Å². The zero-order valence-electron chi connectivity index (χ0n) is 18.1. The highest BCUT2D eigenvalue weighted by atomic mass is 16.5. The van der Waals surface area contributed by atoms with E-state index in [1.807, 2.05) is 30.3 Å². The maximum atomic E-state index is 13.4. The Labute approximate surface area is 175 Å². The molecule has 1 saturated carbocycles. The van der Waals surface area contributed by atoms with Crippen LogP contribution in [-0.4, -0.2) is 24.7 Å². The summed E-state index contributed by atoms with van der Waals surface area (Å²) in [5.74, 6) is 1.36. The minimum absolute atomic E-state index is 0.0118. The third kappa shape index (κ3) is 5.11. The summed E-state index contributed by atoms with van der Waals surface area (Å²) in [6, 6.07) is 12.0. The molecule has 0 radical (unpaired) electrons. The molecule has 1 amide bonds. The van der Waals surface area contributed by atoms with Crippen LogP contribution >= 0.6 is 0 Å². The van der Waals surface area contributed by atoms with Gasteiger partial charge in [0.2, 0.25) is 0 Å². The Kier molecular flexibility index (Phi) is 7.54. The van der Waals surface area contributed by atoms with Crippen LogP contribution in [-0.2, 0) is 9.53 Å². The molecule has 0 spiro atoms. The second-order valence-electron chi connectivity index (χ2n) is 8.36. The SMILES string of the molecule is CCCCOc1ccc(NC(=O)[C@]2(OCCC)CCC[C@H](C)C2)c2ccccc12. The smallest absolute Gasteiger partial charge is 0.256 e. The Balaban J connectivity index is 1.86. The number of hydrogen-bond donors (Lipinski definition) is 1. The molecule has 1 aliphatic rings. The molecule has 1 aliphatic carbocycles. The first kappa shape index (κ1) is 21.6. The van der Waals surface area contributed by atoms with Crippen molar-refractivity contribution in [2.45, 2.75) is 71.3 Å². The second-order valence-corrected chi connectivity index (χ2v) is 8.36. The summed E-state index contributed by atoms with van der Waals surface area (Å²) in [6.45, 7) is 7.78. The van der Waals surface area contributed by atoms with Gasteiger partial charge in [-0.1, -0.05) is 57.9 Å². The Morgan fingerprint density at radius 3 is 2.62 bits per heavy atom. The second kappa shape index (κ2) is 10.1. The summed E-state index contributed by atoms with van der Waals surface area (Å²) in [7, 11) is 0. The summed E-state index contributed by atoms with van der Waals surface area (Å²) in [5.41, 5.74) is 0.108. The molecule has 0 bridgehead atoms. The zero-order valence-corrected chi connectivity index (χ0v) is 18.1. The molecule has 1 fully saturated rings. The lowest BCUT2D eigenvalue weighted by Gasteiger charge is -2.38. The molecule has 2 aromatic rings. The molecule has 0 saturated heterocycles. The van der Waals surface area contributed by atoms with Gasteiger partial charge in [-0.05, 0) is 50.2 Å². The van der Waals surface area contributed by atoms with E-state index in [0.29, 0.717) is 19.1 Å². The van der Waals surface area contributed by atoms with Gasteiger partial charge in [0.15, 0.2) is 0 Å². The van der Waals surface area contributed by atoms with Crippen molar-refractivity contribution >= 4 is 22.4 Å². The highest BCUT2D eigenvalue weighted by molar-refractivity contribution is 6.06. The van der Waals surface area contributed by atoms with Crippen molar-refractivity contribution < 1.29 is 14.3 Å². The minimum atomic E-state index is -0.717. The monoisotopic (exact) mass is 397 g/mol. The molecule has 0 aliphatic heterocycles. The molecule has 1 N–H and O–H groups in total. The van der Waals surface area contributed by atoms with Crippen LogP contribution in [0.15, 0.2) is 36.4 Å². The number of nitrogens with one attached hydrogen (secondary N) is 1. The first-order chi connectivity index (χ1) is 14.1. The number of amides is 1. The van der Waals surface area contributed by atoms with E-state index in [-0.39, 0.29) is 5.91 Å². The molecule has 3 rings (SSSR count). The van der Waals surface area contributed by atoms with Crippen molar-refractivity contribution in [2.24, 2.45) is 5.92 Å². The van der Waals surface area contributed by atoms with Crippen molar-refractivity contribution in [3.8, 4) is 5.75 Å². The number of anilines is 1. The summed E-state index contributed by atoms with van der Waals surface area (Å²) in [6.07, 6.45) is 6.82. The molecule has 29 heavy (non-hydrogen) atoms. The fourth-order valence-corrected chi connectivity index (χ4v) is 4.27. The molecule has 4 heteroatoms. The number of rotatable bonds is 9. The van der Waals surface area contributed by atoms with Crippen LogP contribution in [0, 0.1) is 5.92 Å². The topological polar surface area (TPSA) is 47.6 Å². The third-order valence-electron chi connectivity index (χ3n) is 5.84. The average molecular weight is 398 g/mol.